The van der Waals surface area contributed by atoms with Crippen LogP contribution in [0.2, 0.25) is 5.02 Å². The second kappa shape index (κ2) is 11.1. The van der Waals surface area contributed by atoms with E-state index in [0.29, 0.717) is 45.9 Å². The van der Waals surface area contributed by atoms with E-state index in [1.165, 1.54) is 17.3 Å². The zero-order valence-electron chi connectivity index (χ0n) is 20.5. The molecule has 37 heavy (non-hydrogen) atoms. The van der Waals surface area contributed by atoms with Crippen molar-refractivity contribution in [1.82, 2.24) is 9.80 Å². The minimum atomic E-state index is -4.06. The van der Waals surface area contributed by atoms with Gasteiger partial charge in [0.05, 0.1) is 11.3 Å². The zero-order chi connectivity index (χ0) is 26.6. The molecule has 3 aromatic carbocycles. The average molecular weight is 539 g/mol. The van der Waals surface area contributed by atoms with Crippen molar-refractivity contribution in [3.63, 3.8) is 0 Å². The Morgan fingerprint density at radius 1 is 1.08 bits per heavy atom. The summed E-state index contributed by atoms with van der Waals surface area (Å²) in [5.41, 5.74) is 2.76. The first-order chi connectivity index (χ1) is 17.6. The predicted molar refractivity (Wildman–Crippen MR) is 144 cm³/mol. The molecular formula is C27H27ClN4O4S. The lowest BCUT2D eigenvalue weighted by atomic mass is 9.98. The molecule has 0 unspecified atom stereocenters. The van der Waals surface area contributed by atoms with Gasteiger partial charge in [0.2, 0.25) is 5.91 Å². The van der Waals surface area contributed by atoms with Crippen LogP contribution < -0.4 is 5.32 Å². The quantitative estimate of drug-likeness (QED) is 0.362. The number of amides is 2. The molecule has 1 aliphatic heterocycles. The Kier molecular flexibility index (Phi) is 7.94. The Bertz CT molecular complexity index is 1460. The molecule has 0 fully saturated rings. The summed E-state index contributed by atoms with van der Waals surface area (Å²) in [5, 5.41) is 3.26. The molecule has 192 valence electrons. The number of benzene rings is 3. The summed E-state index contributed by atoms with van der Waals surface area (Å²) < 4.78 is 30.2. The molecule has 0 atom stereocenters. The number of nitrogens with zero attached hydrogens (tertiary/aromatic N) is 3. The molecule has 0 saturated heterocycles. The fraction of sp³-hybridized carbons (Fsp3) is 0.222. The zero-order valence-corrected chi connectivity index (χ0v) is 22.1. The second-order valence-electron chi connectivity index (χ2n) is 8.93. The van der Waals surface area contributed by atoms with Gasteiger partial charge in [-0.3, -0.25) is 9.59 Å². The highest BCUT2D eigenvalue weighted by Gasteiger charge is 2.28. The lowest BCUT2D eigenvalue weighted by molar-refractivity contribution is -0.115. The molecule has 1 heterocycles. The van der Waals surface area contributed by atoms with Crippen molar-refractivity contribution in [2.75, 3.05) is 26.0 Å². The van der Waals surface area contributed by atoms with Crippen LogP contribution in [0, 0.1) is 0 Å². The third-order valence-corrected chi connectivity index (χ3v) is 7.55. The Morgan fingerprint density at radius 3 is 2.49 bits per heavy atom. The molecule has 0 spiro atoms. The highest BCUT2D eigenvalue weighted by molar-refractivity contribution is 7.90. The van der Waals surface area contributed by atoms with Crippen LogP contribution in [0.4, 0.5) is 5.69 Å². The number of sulfonamides is 1. The summed E-state index contributed by atoms with van der Waals surface area (Å²) >= 11 is 6.19. The van der Waals surface area contributed by atoms with Gasteiger partial charge < -0.3 is 15.1 Å². The topological polar surface area (TPSA) is 99.2 Å². The first-order valence-electron chi connectivity index (χ1n) is 11.6. The van der Waals surface area contributed by atoms with E-state index >= 15 is 0 Å². The van der Waals surface area contributed by atoms with Crippen molar-refractivity contribution in [3.05, 3.63) is 94.0 Å². The van der Waals surface area contributed by atoms with Crippen LogP contribution in [-0.2, 0) is 34.2 Å². The fourth-order valence-corrected chi connectivity index (χ4v) is 5.58. The van der Waals surface area contributed by atoms with Crippen molar-refractivity contribution in [1.29, 1.82) is 0 Å². The number of fused-ring (bicyclic) bond motifs is 1. The number of rotatable bonds is 7. The van der Waals surface area contributed by atoms with Crippen LogP contribution in [0.5, 0.6) is 0 Å². The minimum Gasteiger partial charge on any atom is -0.368 e. The molecule has 0 saturated carbocycles. The number of hydrogen-bond donors (Lipinski definition) is 1. The lowest BCUT2D eigenvalue weighted by Crippen LogP contribution is -2.36. The molecule has 1 N–H and O–H groups in total. The third kappa shape index (κ3) is 6.36. The van der Waals surface area contributed by atoms with Gasteiger partial charge in [0, 0.05) is 43.5 Å². The van der Waals surface area contributed by atoms with Gasteiger partial charge in [-0.25, -0.2) is 0 Å². The smallest absolute Gasteiger partial charge is 0.284 e. The molecule has 2 amide bonds. The fourth-order valence-electron chi connectivity index (χ4n) is 4.13. The molecule has 1 aliphatic rings. The monoisotopic (exact) mass is 538 g/mol. The highest BCUT2D eigenvalue weighted by Crippen LogP contribution is 2.31. The number of anilines is 1. The van der Waals surface area contributed by atoms with E-state index in [1.54, 1.807) is 73.6 Å². The third-order valence-electron chi connectivity index (χ3n) is 5.89. The normalized spacial score (nSPS) is 13.3. The maximum atomic E-state index is 13.2. The van der Waals surface area contributed by atoms with Crippen LogP contribution in [0.3, 0.4) is 0 Å². The first-order valence-corrected chi connectivity index (χ1v) is 13.5. The summed E-state index contributed by atoms with van der Waals surface area (Å²) in [5.74, 6) is -0.490. The maximum Gasteiger partial charge on any atom is 0.284 e. The highest BCUT2D eigenvalue weighted by atomic mass is 35.5. The van der Waals surface area contributed by atoms with Crippen molar-refractivity contribution in [3.8, 4) is 0 Å². The summed E-state index contributed by atoms with van der Waals surface area (Å²) in [6, 6.07) is 19.1. The second-order valence-corrected chi connectivity index (χ2v) is 10.9. The van der Waals surface area contributed by atoms with Gasteiger partial charge >= 0.3 is 0 Å². The van der Waals surface area contributed by atoms with E-state index in [2.05, 4.69) is 9.71 Å². The number of carbonyl (C=O) groups is 2. The molecule has 0 bridgehead atoms. The molecule has 10 heteroatoms. The summed E-state index contributed by atoms with van der Waals surface area (Å²) in [4.78, 5) is 29.1. The van der Waals surface area contributed by atoms with Crippen molar-refractivity contribution in [2.24, 2.45) is 4.40 Å². The Morgan fingerprint density at radius 2 is 1.78 bits per heavy atom. The van der Waals surface area contributed by atoms with E-state index in [0.717, 1.165) is 0 Å². The van der Waals surface area contributed by atoms with Gasteiger partial charge in [-0.2, -0.15) is 8.42 Å². The van der Waals surface area contributed by atoms with Gasteiger partial charge in [0.25, 0.3) is 15.9 Å². The Labute approximate surface area is 221 Å². The van der Waals surface area contributed by atoms with Crippen LogP contribution in [0.25, 0.3) is 0 Å². The number of halogens is 1. The van der Waals surface area contributed by atoms with Crippen molar-refractivity contribution in [2.45, 2.75) is 24.3 Å². The largest absolute Gasteiger partial charge is 0.368 e. The predicted octanol–water partition coefficient (Wildman–Crippen LogP) is 4.00. The van der Waals surface area contributed by atoms with E-state index in [1.807, 2.05) is 6.07 Å². The maximum absolute atomic E-state index is 13.2. The summed E-state index contributed by atoms with van der Waals surface area (Å²) in [7, 11) is -0.712. The molecule has 0 aliphatic carbocycles. The van der Waals surface area contributed by atoms with Crippen LogP contribution in [0.1, 0.15) is 27.0 Å². The van der Waals surface area contributed by atoms with E-state index in [-0.39, 0.29) is 29.7 Å². The van der Waals surface area contributed by atoms with Crippen LogP contribution in [0.15, 0.2) is 76.0 Å². The Balaban J connectivity index is 1.68. The van der Waals surface area contributed by atoms with Crippen molar-refractivity contribution >= 4 is 45.5 Å². The lowest BCUT2D eigenvalue weighted by Gasteiger charge is -2.30. The minimum absolute atomic E-state index is 0.0166. The van der Waals surface area contributed by atoms with Gasteiger partial charge in [0.1, 0.15) is 6.34 Å². The van der Waals surface area contributed by atoms with Crippen LogP contribution in [-0.4, -0.2) is 57.0 Å². The van der Waals surface area contributed by atoms with Gasteiger partial charge in [-0.1, -0.05) is 48.0 Å². The first kappa shape index (κ1) is 26.4. The standard InChI is InChI=1S/C27H27ClN4O4S/c1-31(2)18-29-37(35,36)25-16-22(30-26(33)15-20-10-6-7-11-24(20)28)14-21-17-32(13-12-23(21)25)27(34)19-8-4-3-5-9-19/h3-11,14,16,18H,12-13,15,17H2,1-2H3,(H,30,33). The molecular weight excluding hydrogens is 512 g/mol. The molecule has 0 aromatic heterocycles. The summed E-state index contributed by atoms with van der Waals surface area (Å²) in [6.07, 6.45) is 1.59. The molecule has 3 aromatic rings. The van der Waals surface area contributed by atoms with Gasteiger partial charge in [-0.15, -0.1) is 4.40 Å². The molecule has 0 radical (unpaired) electrons. The number of hydrogen-bond acceptors (Lipinski definition) is 4. The van der Waals surface area contributed by atoms with E-state index < -0.39 is 10.0 Å². The molecule has 4 rings (SSSR count). The van der Waals surface area contributed by atoms with E-state index in [9.17, 15) is 18.0 Å². The number of nitrogens with one attached hydrogen (secondary N) is 1. The number of carbonyl (C=O) groups excluding carboxylic acids is 2. The molecule has 8 nitrogen and oxygen atoms in total. The SMILES string of the molecule is CN(C)C=NS(=O)(=O)c1cc(NC(=O)Cc2ccccc2Cl)cc2c1CCN(C(=O)c1ccccc1)C2. The van der Waals surface area contributed by atoms with E-state index in [4.69, 9.17) is 11.6 Å². The van der Waals surface area contributed by atoms with Gasteiger partial charge in [0.15, 0.2) is 0 Å². The van der Waals surface area contributed by atoms with Crippen LogP contribution >= 0.6 is 11.6 Å². The summed E-state index contributed by atoms with van der Waals surface area (Å²) in [6.45, 7) is 0.566. The van der Waals surface area contributed by atoms with Gasteiger partial charge in [-0.05, 0) is 53.4 Å². The van der Waals surface area contributed by atoms with Crippen molar-refractivity contribution < 1.29 is 18.0 Å². The Hall–Kier alpha value is -3.69. The average Bonchev–Trinajstić information content (AvgIpc) is 2.88.